The first-order valence-corrected chi connectivity index (χ1v) is 9.76. The Balaban J connectivity index is 1.84. The zero-order valence-electron chi connectivity index (χ0n) is 16.7. The molecule has 0 spiro atoms. The summed E-state index contributed by atoms with van der Waals surface area (Å²) in [6, 6.07) is 16.2. The number of rotatable bonds is 0. The molecular formula is C24H20N2O3. The Hall–Kier alpha value is -3.34. The normalized spacial score (nSPS) is 29.0. The molecule has 1 saturated heterocycles. The van der Waals surface area contributed by atoms with Crippen molar-refractivity contribution in [2.75, 3.05) is 23.9 Å². The van der Waals surface area contributed by atoms with Gasteiger partial charge in [0.1, 0.15) is 0 Å². The molecule has 0 bridgehead atoms. The molecule has 2 atom stereocenters. The lowest BCUT2D eigenvalue weighted by Crippen LogP contribution is -2.66. The van der Waals surface area contributed by atoms with Gasteiger partial charge in [0.05, 0.1) is 22.2 Å². The first-order valence-electron chi connectivity index (χ1n) is 9.76. The number of para-hydroxylation sites is 2. The third kappa shape index (κ3) is 1.51. The molecule has 4 aliphatic rings. The van der Waals surface area contributed by atoms with Gasteiger partial charge in [0.25, 0.3) is 0 Å². The lowest BCUT2D eigenvalue weighted by atomic mass is 9.62. The van der Waals surface area contributed by atoms with Gasteiger partial charge in [0.15, 0.2) is 0 Å². The molecule has 0 N–H and O–H groups in total. The van der Waals surface area contributed by atoms with E-state index >= 15 is 0 Å². The van der Waals surface area contributed by atoms with Gasteiger partial charge in [-0.3, -0.25) is 0 Å². The number of nitrogens with zero attached hydrogens (tertiary/aromatic N) is 2. The Labute approximate surface area is 168 Å². The van der Waals surface area contributed by atoms with Crippen molar-refractivity contribution >= 4 is 34.5 Å². The van der Waals surface area contributed by atoms with Crippen molar-refractivity contribution in [1.82, 2.24) is 0 Å². The van der Waals surface area contributed by atoms with Crippen molar-refractivity contribution in [3.8, 4) is 0 Å². The van der Waals surface area contributed by atoms with Crippen LogP contribution in [0.5, 0.6) is 0 Å². The van der Waals surface area contributed by atoms with Crippen LogP contribution in [0.2, 0.25) is 0 Å². The zero-order valence-corrected chi connectivity index (χ0v) is 16.7. The fourth-order valence-electron chi connectivity index (χ4n) is 6.04. The summed E-state index contributed by atoms with van der Waals surface area (Å²) in [5.41, 5.74) is 5.55. The van der Waals surface area contributed by atoms with E-state index in [1.807, 2.05) is 36.4 Å². The van der Waals surface area contributed by atoms with Crippen LogP contribution in [-0.4, -0.2) is 37.1 Å². The Morgan fingerprint density at radius 3 is 1.48 bits per heavy atom. The number of carbonyl (C=O) groups excluding carboxylic acids is 2. The maximum atomic E-state index is 12.9. The van der Waals surface area contributed by atoms with Crippen LogP contribution >= 0.6 is 0 Å². The highest BCUT2D eigenvalue weighted by Crippen LogP contribution is 2.66. The molecule has 2 aromatic rings. The molecule has 0 unspecified atom stereocenters. The highest BCUT2D eigenvalue weighted by Gasteiger charge is 2.67. The van der Waals surface area contributed by atoms with Gasteiger partial charge in [-0.1, -0.05) is 36.4 Å². The van der Waals surface area contributed by atoms with Crippen molar-refractivity contribution in [2.45, 2.75) is 24.9 Å². The van der Waals surface area contributed by atoms with Gasteiger partial charge in [-0.05, 0) is 26.0 Å². The van der Waals surface area contributed by atoms with E-state index in [1.54, 1.807) is 0 Å². The summed E-state index contributed by atoms with van der Waals surface area (Å²) in [6.45, 7) is 4.34. The van der Waals surface area contributed by atoms with Crippen LogP contribution in [0.4, 0.5) is 11.4 Å². The van der Waals surface area contributed by atoms with Crippen LogP contribution in [0.15, 0.2) is 59.7 Å². The van der Waals surface area contributed by atoms with Crippen LogP contribution in [0.25, 0.3) is 11.1 Å². The van der Waals surface area contributed by atoms with Gasteiger partial charge in [0.2, 0.25) is 0 Å². The molecule has 0 aromatic heterocycles. The summed E-state index contributed by atoms with van der Waals surface area (Å²) in [6.07, 6.45) is 0. The van der Waals surface area contributed by atoms with Crippen molar-refractivity contribution in [1.29, 1.82) is 0 Å². The van der Waals surface area contributed by atoms with Crippen molar-refractivity contribution < 1.29 is 14.3 Å². The van der Waals surface area contributed by atoms with E-state index in [-0.39, 0.29) is 0 Å². The van der Waals surface area contributed by atoms with Gasteiger partial charge in [-0.15, -0.1) is 0 Å². The minimum absolute atomic E-state index is 0.423. The number of esters is 2. The summed E-state index contributed by atoms with van der Waals surface area (Å²) in [5.74, 6) is -1.09. The smallest absolute Gasteiger partial charge is 0.347 e. The van der Waals surface area contributed by atoms with E-state index in [1.165, 1.54) is 0 Å². The van der Waals surface area contributed by atoms with E-state index in [0.29, 0.717) is 11.1 Å². The molecule has 6 rings (SSSR count). The largest absolute Gasteiger partial charge is 0.386 e. The number of carbonyl (C=O) groups is 2. The lowest BCUT2D eigenvalue weighted by molar-refractivity contribution is -0.149. The SMILES string of the molecule is CN1c2ccccc2C2=C3C(=O)OC(=O)C3=C3c4ccccc4N(C)[C@@]3(C)[C@@]21C. The monoisotopic (exact) mass is 384 g/mol. The minimum Gasteiger partial charge on any atom is -0.386 e. The zero-order chi connectivity index (χ0) is 20.3. The van der Waals surface area contributed by atoms with Crippen LogP contribution in [0.1, 0.15) is 25.0 Å². The van der Waals surface area contributed by atoms with E-state index < -0.39 is 23.0 Å². The molecule has 144 valence electrons. The van der Waals surface area contributed by atoms with E-state index in [4.69, 9.17) is 4.74 Å². The lowest BCUT2D eigenvalue weighted by Gasteiger charge is -2.54. The number of anilines is 2. The van der Waals surface area contributed by atoms with E-state index in [0.717, 1.165) is 33.6 Å². The second-order valence-electron chi connectivity index (χ2n) is 8.47. The second-order valence-corrected chi connectivity index (χ2v) is 8.47. The molecule has 2 aromatic carbocycles. The predicted molar refractivity (Wildman–Crippen MR) is 111 cm³/mol. The first-order chi connectivity index (χ1) is 13.8. The average Bonchev–Trinajstić information content (AvgIpc) is 3.22. The topological polar surface area (TPSA) is 49.9 Å². The van der Waals surface area contributed by atoms with Gasteiger partial charge in [0, 0.05) is 47.7 Å². The van der Waals surface area contributed by atoms with Crippen molar-refractivity contribution in [3.05, 3.63) is 70.8 Å². The third-order valence-electron chi connectivity index (χ3n) is 7.68. The molecule has 5 nitrogen and oxygen atoms in total. The van der Waals surface area contributed by atoms with Gasteiger partial charge in [-0.2, -0.15) is 0 Å². The van der Waals surface area contributed by atoms with Crippen LogP contribution in [-0.2, 0) is 14.3 Å². The molecule has 5 heteroatoms. The number of likely N-dealkylation sites (N-methyl/N-ethyl adjacent to an activating group) is 2. The maximum absolute atomic E-state index is 12.9. The molecule has 0 radical (unpaired) electrons. The quantitative estimate of drug-likeness (QED) is 0.515. The fraction of sp³-hybridized carbons (Fsp3) is 0.250. The highest BCUT2D eigenvalue weighted by atomic mass is 16.6. The molecule has 3 heterocycles. The van der Waals surface area contributed by atoms with Crippen LogP contribution < -0.4 is 9.80 Å². The number of hydrogen-bond donors (Lipinski definition) is 0. The second kappa shape index (κ2) is 4.79. The Morgan fingerprint density at radius 1 is 0.690 bits per heavy atom. The average molecular weight is 384 g/mol. The third-order valence-corrected chi connectivity index (χ3v) is 7.68. The summed E-state index contributed by atoms with van der Waals surface area (Å²) in [5, 5.41) is 0. The Bertz CT molecular complexity index is 1140. The fourth-order valence-corrected chi connectivity index (χ4v) is 6.04. The van der Waals surface area contributed by atoms with Crippen LogP contribution in [0.3, 0.4) is 0 Å². The molecular weight excluding hydrogens is 364 g/mol. The summed E-state index contributed by atoms with van der Waals surface area (Å²) >= 11 is 0. The summed E-state index contributed by atoms with van der Waals surface area (Å²) in [4.78, 5) is 30.4. The van der Waals surface area contributed by atoms with E-state index in [2.05, 4.69) is 49.9 Å². The number of benzene rings is 2. The standard InChI is InChI=1S/C24H20N2O3/c1-23-19(13-9-5-7-11-15(13)25(23)3)17-18(22(28)29-21(17)27)20-14-10-6-8-12-16(14)26(4)24(20,23)2/h5-12H,1-4H3/t23-,24-/m1/s1. The number of fused-ring (bicyclic) bond motifs is 8. The van der Waals surface area contributed by atoms with Crippen molar-refractivity contribution in [3.63, 3.8) is 0 Å². The molecule has 29 heavy (non-hydrogen) atoms. The molecule has 0 saturated carbocycles. The summed E-state index contributed by atoms with van der Waals surface area (Å²) in [7, 11) is 4.14. The Kier molecular flexibility index (Phi) is 2.74. The number of ether oxygens (including phenoxy) is 1. The van der Waals surface area contributed by atoms with E-state index in [9.17, 15) is 9.59 Å². The van der Waals surface area contributed by atoms with Gasteiger partial charge in [-0.25, -0.2) is 9.59 Å². The predicted octanol–water partition coefficient (Wildman–Crippen LogP) is 3.41. The van der Waals surface area contributed by atoms with Crippen molar-refractivity contribution in [2.24, 2.45) is 0 Å². The number of hydrogen-bond acceptors (Lipinski definition) is 5. The Morgan fingerprint density at radius 2 is 1.07 bits per heavy atom. The van der Waals surface area contributed by atoms with Gasteiger partial charge >= 0.3 is 11.9 Å². The summed E-state index contributed by atoms with van der Waals surface area (Å²) < 4.78 is 5.18. The molecule has 1 aliphatic carbocycles. The maximum Gasteiger partial charge on any atom is 0.347 e. The van der Waals surface area contributed by atoms with Gasteiger partial charge < -0.3 is 14.5 Å². The highest BCUT2D eigenvalue weighted by molar-refractivity contribution is 6.30. The van der Waals surface area contributed by atoms with Crippen LogP contribution in [0, 0.1) is 0 Å². The molecule has 1 fully saturated rings. The minimum atomic E-state index is -0.567. The number of cyclic esters (lactones) is 2. The molecule has 0 amide bonds. The molecule has 3 aliphatic heterocycles. The first kappa shape index (κ1) is 16.6.